The van der Waals surface area contributed by atoms with Gasteiger partial charge in [-0.05, 0) is 30.5 Å². The molecule has 2 heterocycles. The van der Waals surface area contributed by atoms with E-state index in [1.165, 1.54) is 24.8 Å². The van der Waals surface area contributed by atoms with Gasteiger partial charge in [0.2, 0.25) is 6.79 Å². The van der Waals surface area contributed by atoms with Crippen LogP contribution in [0.4, 0.5) is 0 Å². The monoisotopic (exact) mass is 345 g/mol. The van der Waals surface area contributed by atoms with E-state index in [1.807, 2.05) is 6.07 Å². The first kappa shape index (κ1) is 16.5. The number of rotatable bonds is 3. The molecule has 1 aliphatic carbocycles. The Morgan fingerprint density at radius 1 is 1.08 bits per heavy atom. The van der Waals surface area contributed by atoms with Crippen LogP contribution in [-0.2, 0) is 10.2 Å². The van der Waals surface area contributed by atoms with Crippen molar-refractivity contribution in [3.05, 3.63) is 23.8 Å². The Hall–Kier alpha value is -1.95. The van der Waals surface area contributed by atoms with Crippen LogP contribution in [0.1, 0.15) is 37.7 Å². The zero-order valence-electron chi connectivity index (χ0n) is 14.7. The summed E-state index contributed by atoms with van der Waals surface area (Å²) in [6, 6.07) is 6.36. The van der Waals surface area contributed by atoms with Crippen LogP contribution in [0.5, 0.6) is 11.5 Å². The molecule has 0 amide bonds. The van der Waals surface area contributed by atoms with Gasteiger partial charge in [0.1, 0.15) is 0 Å². The molecule has 2 fully saturated rings. The van der Waals surface area contributed by atoms with Crippen molar-refractivity contribution >= 4 is 5.96 Å². The molecule has 0 atom stereocenters. The number of hydrogen-bond donors (Lipinski definition) is 1. The first-order valence-corrected chi connectivity index (χ1v) is 9.30. The van der Waals surface area contributed by atoms with Crippen molar-refractivity contribution < 1.29 is 14.2 Å². The molecule has 1 aromatic carbocycles. The van der Waals surface area contributed by atoms with Crippen molar-refractivity contribution in [2.45, 2.75) is 37.5 Å². The minimum Gasteiger partial charge on any atom is -0.454 e. The number of nitrogens with zero attached hydrogens (tertiary/aromatic N) is 2. The number of benzene rings is 1. The molecule has 4 rings (SSSR count). The molecule has 0 spiro atoms. The Morgan fingerprint density at radius 2 is 1.84 bits per heavy atom. The quantitative estimate of drug-likeness (QED) is 0.672. The van der Waals surface area contributed by atoms with Crippen molar-refractivity contribution in [2.24, 2.45) is 10.7 Å². The molecule has 25 heavy (non-hydrogen) atoms. The molecule has 136 valence electrons. The van der Waals surface area contributed by atoms with Gasteiger partial charge in [-0.3, -0.25) is 4.99 Å². The molecule has 0 aromatic heterocycles. The van der Waals surface area contributed by atoms with Crippen molar-refractivity contribution in [3.8, 4) is 11.5 Å². The summed E-state index contributed by atoms with van der Waals surface area (Å²) < 4.78 is 16.5. The second kappa shape index (κ2) is 7.12. The highest BCUT2D eigenvalue weighted by Gasteiger charge is 2.35. The highest BCUT2D eigenvalue weighted by Crippen LogP contribution is 2.43. The van der Waals surface area contributed by atoms with Gasteiger partial charge < -0.3 is 24.8 Å². The lowest BCUT2D eigenvalue weighted by Gasteiger charge is -2.37. The molecule has 6 nitrogen and oxygen atoms in total. The number of morpholine rings is 1. The third kappa shape index (κ3) is 3.40. The van der Waals surface area contributed by atoms with Gasteiger partial charge in [-0.2, -0.15) is 0 Å². The maximum atomic E-state index is 6.27. The van der Waals surface area contributed by atoms with Crippen molar-refractivity contribution in [1.82, 2.24) is 4.90 Å². The number of ether oxygens (including phenoxy) is 3. The van der Waals surface area contributed by atoms with Gasteiger partial charge >= 0.3 is 0 Å². The lowest BCUT2D eigenvalue weighted by atomic mass is 9.69. The van der Waals surface area contributed by atoms with Gasteiger partial charge in [0.05, 0.1) is 19.8 Å². The SMILES string of the molecule is NC(=NCC1(c2ccc3c(c2)OCO3)CCCCC1)N1CCOCC1. The van der Waals surface area contributed by atoms with E-state index in [1.54, 1.807) is 0 Å². The Labute approximate surface area is 148 Å². The second-order valence-electron chi connectivity index (χ2n) is 7.18. The summed E-state index contributed by atoms with van der Waals surface area (Å²) in [6.07, 6.45) is 6.07. The number of nitrogens with two attached hydrogens (primary N) is 1. The summed E-state index contributed by atoms with van der Waals surface area (Å²) in [7, 11) is 0. The zero-order valence-corrected chi connectivity index (χ0v) is 14.7. The van der Waals surface area contributed by atoms with E-state index >= 15 is 0 Å². The molecule has 3 aliphatic rings. The molecule has 0 unspecified atom stereocenters. The first-order valence-electron chi connectivity index (χ1n) is 9.30. The number of hydrogen-bond acceptors (Lipinski definition) is 4. The minimum absolute atomic E-state index is 0.0517. The summed E-state index contributed by atoms with van der Waals surface area (Å²) in [4.78, 5) is 6.93. The number of fused-ring (bicyclic) bond motifs is 1. The zero-order chi connectivity index (χ0) is 17.1. The molecular weight excluding hydrogens is 318 g/mol. The van der Waals surface area contributed by atoms with Crippen LogP contribution < -0.4 is 15.2 Å². The van der Waals surface area contributed by atoms with Crippen molar-refractivity contribution in [1.29, 1.82) is 0 Å². The van der Waals surface area contributed by atoms with Gasteiger partial charge in [-0.15, -0.1) is 0 Å². The van der Waals surface area contributed by atoms with Crippen LogP contribution >= 0.6 is 0 Å². The fraction of sp³-hybridized carbons (Fsp3) is 0.632. The van der Waals surface area contributed by atoms with Gasteiger partial charge in [0.25, 0.3) is 0 Å². The lowest BCUT2D eigenvalue weighted by Crippen LogP contribution is -2.45. The summed E-state index contributed by atoms with van der Waals surface area (Å²) in [5.74, 6) is 2.34. The standard InChI is InChI=1S/C19H27N3O3/c20-18(22-8-10-23-11-9-22)21-13-19(6-2-1-3-7-19)15-4-5-16-17(12-15)25-14-24-16/h4-5,12H,1-3,6-11,13-14H2,(H2,20,21). The normalized spacial score (nSPS) is 22.9. The molecule has 1 aromatic rings. The van der Waals surface area contributed by atoms with E-state index in [9.17, 15) is 0 Å². The molecule has 1 saturated carbocycles. The van der Waals surface area contributed by atoms with E-state index in [2.05, 4.69) is 17.0 Å². The Bertz CT molecular complexity index is 635. The van der Waals surface area contributed by atoms with Gasteiger partial charge in [0, 0.05) is 18.5 Å². The van der Waals surface area contributed by atoms with Crippen LogP contribution in [0.25, 0.3) is 0 Å². The summed E-state index contributed by atoms with van der Waals surface area (Å²) in [5, 5.41) is 0. The Kier molecular flexibility index (Phi) is 4.70. The van der Waals surface area contributed by atoms with E-state index in [0.717, 1.165) is 57.2 Å². The molecular formula is C19H27N3O3. The average molecular weight is 345 g/mol. The van der Waals surface area contributed by atoms with E-state index in [4.69, 9.17) is 24.9 Å². The summed E-state index contributed by atoms with van der Waals surface area (Å²) in [5.41, 5.74) is 7.62. The predicted octanol–water partition coefficient (Wildman–Crippen LogP) is 2.26. The molecule has 0 bridgehead atoms. The highest BCUT2D eigenvalue weighted by molar-refractivity contribution is 5.78. The third-order valence-electron chi connectivity index (χ3n) is 5.67. The van der Waals surface area contributed by atoms with Crippen LogP contribution in [0.2, 0.25) is 0 Å². The maximum Gasteiger partial charge on any atom is 0.231 e. The molecule has 6 heteroatoms. The van der Waals surface area contributed by atoms with E-state index in [0.29, 0.717) is 12.8 Å². The van der Waals surface area contributed by atoms with Crippen molar-refractivity contribution in [3.63, 3.8) is 0 Å². The fourth-order valence-electron chi connectivity index (χ4n) is 4.12. The molecule has 1 saturated heterocycles. The van der Waals surface area contributed by atoms with Gasteiger partial charge in [-0.25, -0.2) is 0 Å². The van der Waals surface area contributed by atoms with Crippen LogP contribution in [0.3, 0.4) is 0 Å². The molecule has 0 radical (unpaired) electrons. The largest absolute Gasteiger partial charge is 0.454 e. The van der Waals surface area contributed by atoms with Crippen LogP contribution in [0, 0.1) is 0 Å². The van der Waals surface area contributed by atoms with E-state index < -0.39 is 0 Å². The lowest BCUT2D eigenvalue weighted by molar-refractivity contribution is 0.0673. The van der Waals surface area contributed by atoms with Crippen LogP contribution in [0.15, 0.2) is 23.2 Å². The smallest absolute Gasteiger partial charge is 0.231 e. The Morgan fingerprint density at radius 3 is 2.64 bits per heavy atom. The predicted molar refractivity (Wildman–Crippen MR) is 96.2 cm³/mol. The second-order valence-corrected chi connectivity index (χ2v) is 7.18. The maximum absolute atomic E-state index is 6.27. The van der Waals surface area contributed by atoms with Crippen LogP contribution in [-0.4, -0.2) is 50.5 Å². The van der Waals surface area contributed by atoms with Crippen molar-refractivity contribution in [2.75, 3.05) is 39.6 Å². The fourth-order valence-corrected chi connectivity index (χ4v) is 4.12. The van der Waals surface area contributed by atoms with Gasteiger partial charge in [-0.1, -0.05) is 25.3 Å². The first-order chi connectivity index (χ1) is 12.3. The van der Waals surface area contributed by atoms with Gasteiger partial charge in [0.15, 0.2) is 17.5 Å². The summed E-state index contributed by atoms with van der Waals surface area (Å²) >= 11 is 0. The highest BCUT2D eigenvalue weighted by atomic mass is 16.7. The minimum atomic E-state index is 0.0517. The topological polar surface area (TPSA) is 69.3 Å². The third-order valence-corrected chi connectivity index (χ3v) is 5.67. The number of aliphatic imine (C=N–C) groups is 1. The van der Waals surface area contributed by atoms with E-state index in [-0.39, 0.29) is 5.41 Å². The average Bonchev–Trinajstić information content (AvgIpc) is 3.15. The Balaban J connectivity index is 1.56. The number of guanidine groups is 1. The molecule has 2 N–H and O–H groups in total. The summed E-state index contributed by atoms with van der Waals surface area (Å²) in [6.45, 7) is 4.15. The molecule has 2 aliphatic heterocycles.